The number of halogens is 2. The third-order valence-electron chi connectivity index (χ3n) is 6.54. The van der Waals surface area contributed by atoms with E-state index in [1.807, 2.05) is 72.8 Å². The normalized spacial score (nSPS) is 18.5. The van der Waals surface area contributed by atoms with Crippen LogP contribution in [-0.2, 0) is 17.0 Å². The summed E-state index contributed by atoms with van der Waals surface area (Å²) in [5.41, 5.74) is 2.25. The van der Waals surface area contributed by atoms with Crippen molar-refractivity contribution in [1.82, 2.24) is 0 Å². The summed E-state index contributed by atoms with van der Waals surface area (Å²) < 4.78 is 0. The Bertz CT molecular complexity index is 1470. The van der Waals surface area contributed by atoms with E-state index in [9.17, 15) is 9.59 Å². The van der Waals surface area contributed by atoms with E-state index in [1.54, 1.807) is 34.1 Å². The molecule has 0 bridgehead atoms. The highest BCUT2D eigenvalue weighted by molar-refractivity contribution is 6.36. The first kappa shape index (κ1) is 21.7. The van der Waals surface area contributed by atoms with Crippen molar-refractivity contribution < 1.29 is 9.59 Å². The molecule has 1 atom stereocenters. The topological polar surface area (TPSA) is 52.7 Å². The summed E-state index contributed by atoms with van der Waals surface area (Å²) in [6.45, 7) is 0.163. The van der Waals surface area contributed by atoms with E-state index in [2.05, 4.69) is 5.32 Å². The van der Waals surface area contributed by atoms with E-state index in [0.29, 0.717) is 43.8 Å². The second kappa shape index (κ2) is 8.15. The van der Waals surface area contributed by atoms with Gasteiger partial charge >= 0.3 is 0 Å². The molecule has 7 heteroatoms. The molecule has 35 heavy (non-hydrogen) atoms. The van der Waals surface area contributed by atoms with Crippen molar-refractivity contribution in [3.05, 3.63) is 124 Å². The predicted octanol–water partition coefficient (Wildman–Crippen LogP) is 6.47. The second-order valence-electron chi connectivity index (χ2n) is 8.47. The molecule has 0 saturated heterocycles. The van der Waals surface area contributed by atoms with Crippen LogP contribution in [0.1, 0.15) is 21.5 Å². The number of benzene rings is 4. The van der Waals surface area contributed by atoms with Crippen LogP contribution < -0.4 is 15.1 Å². The van der Waals surface area contributed by atoms with Gasteiger partial charge in [-0.05, 0) is 42.5 Å². The fourth-order valence-corrected chi connectivity index (χ4v) is 5.48. The SMILES string of the molecule is O=C1c2ccccc2N[C@@]2(C(=O)N(Cc3c(Cl)cccc3Cl)c3ccccc32)N1c1ccccc1. The van der Waals surface area contributed by atoms with Gasteiger partial charge in [-0.25, -0.2) is 0 Å². The third-order valence-corrected chi connectivity index (χ3v) is 7.25. The molecule has 1 spiro atoms. The van der Waals surface area contributed by atoms with Crippen LogP contribution in [0.25, 0.3) is 0 Å². The Kier molecular flexibility index (Phi) is 5.06. The highest BCUT2D eigenvalue weighted by Gasteiger charge is 2.59. The highest BCUT2D eigenvalue weighted by atomic mass is 35.5. The Balaban J connectivity index is 1.59. The molecule has 4 aromatic carbocycles. The van der Waals surface area contributed by atoms with Crippen LogP contribution in [0.4, 0.5) is 17.1 Å². The van der Waals surface area contributed by atoms with Crippen molar-refractivity contribution in [3.63, 3.8) is 0 Å². The van der Waals surface area contributed by atoms with Gasteiger partial charge in [0, 0.05) is 32.5 Å². The number of para-hydroxylation sites is 3. The van der Waals surface area contributed by atoms with Crippen molar-refractivity contribution in [2.75, 3.05) is 15.1 Å². The zero-order valence-corrected chi connectivity index (χ0v) is 19.9. The standard InChI is InChI=1S/C28H19Cl2N3O2/c29-22-13-8-14-23(30)20(22)17-32-25-16-7-5-12-21(25)28(27(32)35)31-24-15-6-4-11-19(24)26(34)33(28)18-9-2-1-3-10-18/h1-16,31H,17H2/t28-/m1/s1. The van der Waals surface area contributed by atoms with Gasteiger partial charge in [0.2, 0.25) is 5.66 Å². The zero-order valence-electron chi connectivity index (χ0n) is 18.4. The molecule has 2 heterocycles. The van der Waals surface area contributed by atoms with E-state index in [4.69, 9.17) is 23.2 Å². The third kappa shape index (κ3) is 3.16. The summed E-state index contributed by atoms with van der Waals surface area (Å²) in [4.78, 5) is 31.7. The molecule has 0 aliphatic carbocycles. The van der Waals surface area contributed by atoms with Crippen LogP contribution in [0.3, 0.4) is 0 Å². The Morgan fingerprint density at radius 1 is 0.743 bits per heavy atom. The number of carbonyl (C=O) groups is 2. The molecule has 4 aromatic rings. The minimum Gasteiger partial charge on any atom is -0.350 e. The molecule has 0 fully saturated rings. The molecule has 1 N–H and O–H groups in total. The molecule has 2 aliphatic rings. The van der Waals surface area contributed by atoms with Crippen molar-refractivity contribution >= 4 is 52.1 Å². The van der Waals surface area contributed by atoms with Crippen LogP contribution >= 0.6 is 23.2 Å². The number of hydrogen-bond acceptors (Lipinski definition) is 3. The number of rotatable bonds is 3. The first-order valence-corrected chi connectivity index (χ1v) is 11.9. The quantitative estimate of drug-likeness (QED) is 0.351. The van der Waals surface area contributed by atoms with Gasteiger partial charge < -0.3 is 10.2 Å². The number of anilines is 3. The Hall–Kier alpha value is -3.80. The average molecular weight is 500 g/mol. The molecule has 6 rings (SSSR count). The van der Waals surface area contributed by atoms with Crippen molar-refractivity contribution in [2.24, 2.45) is 0 Å². The van der Waals surface area contributed by atoms with Gasteiger partial charge in [0.05, 0.1) is 17.8 Å². The lowest BCUT2D eigenvalue weighted by molar-refractivity contribution is -0.122. The van der Waals surface area contributed by atoms with Gasteiger partial charge in [0.25, 0.3) is 11.8 Å². The van der Waals surface area contributed by atoms with Gasteiger partial charge in [-0.1, -0.05) is 77.8 Å². The molecule has 0 aromatic heterocycles. The van der Waals surface area contributed by atoms with Crippen LogP contribution in [0.15, 0.2) is 97.1 Å². The minimum atomic E-state index is -1.48. The lowest BCUT2D eigenvalue weighted by atomic mass is 9.92. The molecule has 2 amide bonds. The molecule has 0 unspecified atom stereocenters. The monoisotopic (exact) mass is 499 g/mol. The number of carbonyl (C=O) groups excluding carboxylic acids is 2. The Morgan fingerprint density at radius 2 is 1.40 bits per heavy atom. The zero-order chi connectivity index (χ0) is 24.2. The van der Waals surface area contributed by atoms with Gasteiger partial charge in [-0.3, -0.25) is 14.5 Å². The van der Waals surface area contributed by atoms with E-state index in [-0.39, 0.29) is 18.4 Å². The minimum absolute atomic E-state index is 0.163. The number of hydrogen-bond donors (Lipinski definition) is 1. The smallest absolute Gasteiger partial charge is 0.279 e. The lowest BCUT2D eigenvalue weighted by Gasteiger charge is -2.45. The van der Waals surface area contributed by atoms with E-state index in [1.165, 1.54) is 0 Å². The molecule has 5 nitrogen and oxygen atoms in total. The second-order valence-corrected chi connectivity index (χ2v) is 9.28. The average Bonchev–Trinajstić information content (AvgIpc) is 3.10. The van der Waals surface area contributed by atoms with Crippen molar-refractivity contribution in [3.8, 4) is 0 Å². The van der Waals surface area contributed by atoms with E-state index >= 15 is 0 Å². The van der Waals surface area contributed by atoms with Crippen LogP contribution in [0.5, 0.6) is 0 Å². The molecule has 2 aliphatic heterocycles. The first-order chi connectivity index (χ1) is 17.0. The number of fused-ring (bicyclic) bond motifs is 3. The maximum absolute atomic E-state index is 14.5. The summed E-state index contributed by atoms with van der Waals surface area (Å²) in [5, 5.41) is 4.40. The summed E-state index contributed by atoms with van der Waals surface area (Å²) in [7, 11) is 0. The molecule has 0 saturated carbocycles. The predicted molar refractivity (Wildman–Crippen MR) is 139 cm³/mol. The van der Waals surface area contributed by atoms with Gasteiger partial charge in [0.15, 0.2) is 0 Å². The first-order valence-electron chi connectivity index (χ1n) is 11.1. The van der Waals surface area contributed by atoms with E-state index in [0.717, 1.165) is 0 Å². The van der Waals surface area contributed by atoms with Crippen LogP contribution in [-0.4, -0.2) is 11.8 Å². The molecule has 0 radical (unpaired) electrons. The fraction of sp³-hybridized carbons (Fsp3) is 0.0714. The van der Waals surface area contributed by atoms with Crippen LogP contribution in [0, 0.1) is 0 Å². The summed E-state index contributed by atoms with van der Waals surface area (Å²) in [6, 6.07) is 29.3. The fourth-order valence-electron chi connectivity index (χ4n) is 4.96. The molecular weight excluding hydrogens is 481 g/mol. The summed E-state index contributed by atoms with van der Waals surface area (Å²) in [6.07, 6.45) is 0. The summed E-state index contributed by atoms with van der Waals surface area (Å²) >= 11 is 12.9. The van der Waals surface area contributed by atoms with Gasteiger partial charge in [-0.15, -0.1) is 0 Å². The van der Waals surface area contributed by atoms with Gasteiger partial charge in [-0.2, -0.15) is 0 Å². The van der Waals surface area contributed by atoms with E-state index < -0.39 is 5.66 Å². The molecule has 172 valence electrons. The summed E-state index contributed by atoms with van der Waals surface area (Å²) in [5.74, 6) is -0.548. The van der Waals surface area contributed by atoms with Crippen LogP contribution in [0.2, 0.25) is 10.0 Å². The number of nitrogens with one attached hydrogen (secondary N) is 1. The lowest BCUT2D eigenvalue weighted by Crippen LogP contribution is -2.63. The van der Waals surface area contributed by atoms with Gasteiger partial charge in [0.1, 0.15) is 0 Å². The number of amides is 2. The number of nitrogens with zero attached hydrogens (tertiary/aromatic N) is 2. The largest absolute Gasteiger partial charge is 0.350 e. The highest BCUT2D eigenvalue weighted by Crippen LogP contribution is 2.50. The maximum Gasteiger partial charge on any atom is 0.279 e. The Labute approximate surface area is 212 Å². The Morgan fingerprint density at radius 3 is 2.17 bits per heavy atom. The van der Waals surface area contributed by atoms with Crippen molar-refractivity contribution in [1.29, 1.82) is 0 Å². The molecular formula is C28H19Cl2N3O2. The maximum atomic E-state index is 14.5. The van der Waals surface area contributed by atoms with Crippen molar-refractivity contribution in [2.45, 2.75) is 12.2 Å².